The fraction of sp³-hybridized carbons (Fsp3) is 0.333. The van der Waals surface area contributed by atoms with Crippen LogP contribution >= 0.6 is 0 Å². The molecule has 21 heavy (non-hydrogen) atoms. The number of hydrogen-bond donors (Lipinski definition) is 1. The number of halogens is 3. The van der Waals surface area contributed by atoms with Gasteiger partial charge in [0.15, 0.2) is 5.69 Å². The van der Waals surface area contributed by atoms with Crippen LogP contribution in [0.2, 0.25) is 0 Å². The van der Waals surface area contributed by atoms with E-state index in [-0.39, 0.29) is 12.5 Å². The van der Waals surface area contributed by atoms with Crippen molar-refractivity contribution in [2.45, 2.75) is 26.6 Å². The fourth-order valence-electron chi connectivity index (χ4n) is 1.64. The van der Waals surface area contributed by atoms with Gasteiger partial charge < -0.3 is 0 Å². The Morgan fingerprint density at radius 3 is 2.71 bits per heavy atom. The van der Waals surface area contributed by atoms with Gasteiger partial charge in [-0.2, -0.15) is 18.3 Å². The molecule has 1 amide bonds. The van der Waals surface area contributed by atoms with Crippen molar-refractivity contribution in [1.82, 2.24) is 19.7 Å². The zero-order valence-electron chi connectivity index (χ0n) is 11.3. The summed E-state index contributed by atoms with van der Waals surface area (Å²) in [5, 5.41) is 5.60. The van der Waals surface area contributed by atoms with Crippen LogP contribution in [0.1, 0.15) is 28.7 Å². The van der Waals surface area contributed by atoms with E-state index in [0.717, 1.165) is 10.9 Å². The van der Waals surface area contributed by atoms with Crippen LogP contribution in [-0.4, -0.2) is 25.7 Å². The van der Waals surface area contributed by atoms with Crippen molar-refractivity contribution in [3.63, 3.8) is 0 Å². The Morgan fingerprint density at radius 1 is 1.43 bits per heavy atom. The normalized spacial score (nSPS) is 11.5. The van der Waals surface area contributed by atoms with Crippen LogP contribution in [0.25, 0.3) is 0 Å². The van der Waals surface area contributed by atoms with Crippen molar-refractivity contribution >= 4 is 11.9 Å². The van der Waals surface area contributed by atoms with Crippen LogP contribution in [0, 0.1) is 6.92 Å². The molecule has 0 radical (unpaired) electrons. The van der Waals surface area contributed by atoms with Crippen molar-refractivity contribution in [1.29, 1.82) is 0 Å². The Hall–Kier alpha value is -2.45. The molecule has 0 aliphatic heterocycles. The molecular formula is C12H12F3N5O. The van der Waals surface area contributed by atoms with Gasteiger partial charge in [-0.25, -0.2) is 9.97 Å². The number of alkyl halides is 3. The molecular weight excluding hydrogens is 287 g/mol. The summed E-state index contributed by atoms with van der Waals surface area (Å²) in [6, 6.07) is 1.60. The number of rotatable bonds is 3. The quantitative estimate of drug-likeness (QED) is 0.943. The predicted octanol–water partition coefficient (Wildman–Crippen LogP) is 2.27. The molecule has 0 aliphatic carbocycles. The number of aryl methyl sites for hydroxylation is 2. The second-order valence-electron chi connectivity index (χ2n) is 4.22. The lowest BCUT2D eigenvalue weighted by Gasteiger charge is -2.06. The molecule has 6 nitrogen and oxygen atoms in total. The molecule has 0 spiro atoms. The third-order valence-corrected chi connectivity index (χ3v) is 2.62. The van der Waals surface area contributed by atoms with Crippen LogP contribution in [0.5, 0.6) is 0 Å². The van der Waals surface area contributed by atoms with Gasteiger partial charge in [0.05, 0.1) is 5.56 Å². The zero-order valence-corrected chi connectivity index (χ0v) is 11.3. The van der Waals surface area contributed by atoms with Gasteiger partial charge in [-0.3, -0.25) is 14.8 Å². The van der Waals surface area contributed by atoms with Gasteiger partial charge in [0.1, 0.15) is 0 Å². The highest BCUT2D eigenvalue weighted by Gasteiger charge is 2.39. The van der Waals surface area contributed by atoms with Crippen LogP contribution in [0.15, 0.2) is 18.5 Å². The lowest BCUT2D eigenvalue weighted by Crippen LogP contribution is -2.19. The Morgan fingerprint density at radius 2 is 2.14 bits per heavy atom. The highest BCUT2D eigenvalue weighted by molar-refractivity contribution is 6.04. The molecule has 2 aromatic heterocycles. The van der Waals surface area contributed by atoms with E-state index in [0.29, 0.717) is 5.69 Å². The average molecular weight is 299 g/mol. The summed E-state index contributed by atoms with van der Waals surface area (Å²) in [6.45, 7) is 3.52. The van der Waals surface area contributed by atoms with Gasteiger partial charge in [0, 0.05) is 24.6 Å². The molecule has 2 heterocycles. The molecule has 0 fully saturated rings. The van der Waals surface area contributed by atoms with Gasteiger partial charge in [0.2, 0.25) is 5.95 Å². The van der Waals surface area contributed by atoms with Crippen LogP contribution in [-0.2, 0) is 12.7 Å². The molecule has 112 valence electrons. The molecule has 9 heteroatoms. The largest absolute Gasteiger partial charge is 0.435 e. The van der Waals surface area contributed by atoms with Crippen LogP contribution < -0.4 is 5.32 Å². The minimum absolute atomic E-state index is 0.0580. The topological polar surface area (TPSA) is 72.7 Å². The predicted molar refractivity (Wildman–Crippen MR) is 67.6 cm³/mol. The first-order valence-electron chi connectivity index (χ1n) is 6.07. The number of nitrogens with one attached hydrogen (secondary N) is 1. The van der Waals surface area contributed by atoms with Gasteiger partial charge >= 0.3 is 6.18 Å². The number of carbonyl (C=O) groups is 1. The maximum atomic E-state index is 12.9. The van der Waals surface area contributed by atoms with Crippen molar-refractivity contribution in [2.75, 3.05) is 5.32 Å². The lowest BCUT2D eigenvalue weighted by atomic mass is 10.2. The van der Waals surface area contributed by atoms with E-state index < -0.39 is 23.3 Å². The number of nitrogens with zero attached hydrogens (tertiary/aromatic N) is 4. The Labute approximate surface area is 118 Å². The first kappa shape index (κ1) is 14.9. The summed E-state index contributed by atoms with van der Waals surface area (Å²) in [6.07, 6.45) is -2.26. The number of hydrogen-bond acceptors (Lipinski definition) is 4. The zero-order chi connectivity index (χ0) is 15.6. The third-order valence-electron chi connectivity index (χ3n) is 2.62. The summed E-state index contributed by atoms with van der Waals surface area (Å²) in [5.74, 6) is -1.01. The second kappa shape index (κ2) is 5.51. The lowest BCUT2D eigenvalue weighted by molar-refractivity contribution is -0.141. The van der Waals surface area contributed by atoms with Crippen molar-refractivity contribution in [2.24, 2.45) is 0 Å². The van der Waals surface area contributed by atoms with E-state index >= 15 is 0 Å². The van der Waals surface area contributed by atoms with E-state index in [1.54, 1.807) is 19.9 Å². The minimum atomic E-state index is -4.71. The number of carbonyl (C=O) groups excluding carboxylic acids is 1. The average Bonchev–Trinajstić information content (AvgIpc) is 2.83. The van der Waals surface area contributed by atoms with Gasteiger partial charge in [0.25, 0.3) is 5.91 Å². The fourth-order valence-corrected chi connectivity index (χ4v) is 1.64. The Kier molecular flexibility index (Phi) is 3.92. The molecule has 0 atom stereocenters. The van der Waals surface area contributed by atoms with Gasteiger partial charge in [-0.05, 0) is 19.9 Å². The maximum Gasteiger partial charge on any atom is 0.435 e. The van der Waals surface area contributed by atoms with Gasteiger partial charge in [-0.15, -0.1) is 0 Å². The molecule has 0 saturated heterocycles. The highest BCUT2D eigenvalue weighted by atomic mass is 19.4. The van der Waals surface area contributed by atoms with E-state index in [1.165, 1.54) is 6.20 Å². The highest BCUT2D eigenvalue weighted by Crippen LogP contribution is 2.30. The summed E-state index contributed by atoms with van der Waals surface area (Å²) in [5.41, 5.74) is -1.20. The van der Waals surface area contributed by atoms with Crippen LogP contribution in [0.3, 0.4) is 0 Å². The Bertz CT molecular complexity index is 665. The summed E-state index contributed by atoms with van der Waals surface area (Å²) < 4.78 is 39.7. The monoisotopic (exact) mass is 299 g/mol. The second-order valence-corrected chi connectivity index (χ2v) is 4.22. The number of aromatic nitrogens is 4. The number of amides is 1. The SMILES string of the molecule is CCn1cc(C(=O)Nc2nccc(C)n2)c(C(F)(F)F)n1. The maximum absolute atomic E-state index is 12.9. The first-order valence-corrected chi connectivity index (χ1v) is 6.07. The first-order chi connectivity index (χ1) is 9.81. The molecule has 0 aromatic carbocycles. The molecule has 0 bridgehead atoms. The molecule has 2 rings (SSSR count). The molecule has 0 aliphatic rings. The summed E-state index contributed by atoms with van der Waals surface area (Å²) >= 11 is 0. The van der Waals surface area contributed by atoms with Gasteiger partial charge in [-0.1, -0.05) is 0 Å². The van der Waals surface area contributed by atoms with Crippen LogP contribution in [0.4, 0.5) is 19.1 Å². The summed E-state index contributed by atoms with van der Waals surface area (Å²) in [4.78, 5) is 19.7. The van der Waals surface area contributed by atoms with Crippen molar-refractivity contribution in [3.8, 4) is 0 Å². The van der Waals surface area contributed by atoms with Crippen molar-refractivity contribution in [3.05, 3.63) is 35.4 Å². The standard InChI is InChI=1S/C12H12F3N5O/c1-3-20-6-8(9(19-20)12(13,14)15)10(21)18-11-16-5-4-7(2)17-11/h4-6H,3H2,1-2H3,(H,16,17,18,21). The van der Waals surface area contributed by atoms with E-state index in [2.05, 4.69) is 20.4 Å². The third kappa shape index (κ3) is 3.36. The number of anilines is 1. The Balaban J connectivity index is 2.32. The molecule has 2 aromatic rings. The summed E-state index contributed by atoms with van der Waals surface area (Å²) in [7, 11) is 0. The van der Waals surface area contributed by atoms with E-state index in [1.807, 2.05) is 0 Å². The van der Waals surface area contributed by atoms with Crippen molar-refractivity contribution < 1.29 is 18.0 Å². The molecule has 0 saturated carbocycles. The van der Waals surface area contributed by atoms with E-state index in [9.17, 15) is 18.0 Å². The molecule has 0 unspecified atom stereocenters. The smallest absolute Gasteiger partial charge is 0.290 e. The minimum Gasteiger partial charge on any atom is -0.290 e. The molecule has 1 N–H and O–H groups in total. The van der Waals surface area contributed by atoms with E-state index in [4.69, 9.17) is 0 Å².